The van der Waals surface area contributed by atoms with Gasteiger partial charge < -0.3 is 9.88 Å². The Labute approximate surface area is 182 Å². The molecule has 7 nitrogen and oxygen atoms in total. The molecule has 0 spiro atoms. The number of aromatic amines is 1. The van der Waals surface area contributed by atoms with E-state index in [0.29, 0.717) is 6.04 Å². The molecule has 2 fully saturated rings. The van der Waals surface area contributed by atoms with Gasteiger partial charge in [0.05, 0.1) is 30.2 Å². The third-order valence-electron chi connectivity index (χ3n) is 7.38. The number of quaternary nitrogens is 1. The zero-order valence-corrected chi connectivity index (χ0v) is 18.7. The van der Waals surface area contributed by atoms with E-state index in [1.54, 1.807) is 0 Å². The summed E-state index contributed by atoms with van der Waals surface area (Å²) >= 11 is 0. The summed E-state index contributed by atoms with van der Waals surface area (Å²) in [6, 6.07) is 6.54. The van der Waals surface area contributed by atoms with E-state index >= 15 is 0 Å². The summed E-state index contributed by atoms with van der Waals surface area (Å²) < 4.78 is 2.04. The Bertz CT molecular complexity index is 1120. The lowest BCUT2D eigenvalue weighted by Crippen LogP contribution is -3.12. The highest BCUT2D eigenvalue weighted by molar-refractivity contribution is 5.85. The Morgan fingerprint density at radius 1 is 1.03 bits per heavy atom. The number of hydrogen-bond acceptors (Lipinski definition) is 4. The molecule has 1 aliphatic carbocycles. The number of benzene rings is 1. The molecule has 0 unspecified atom stereocenters. The van der Waals surface area contributed by atoms with Gasteiger partial charge in [0.25, 0.3) is 5.56 Å². The summed E-state index contributed by atoms with van der Waals surface area (Å²) in [4.78, 5) is 18.1. The van der Waals surface area contributed by atoms with Crippen LogP contribution in [0.5, 0.6) is 0 Å². The molecule has 0 bridgehead atoms. The van der Waals surface area contributed by atoms with Crippen molar-refractivity contribution in [1.29, 1.82) is 0 Å². The van der Waals surface area contributed by atoms with Crippen molar-refractivity contribution in [2.24, 2.45) is 0 Å². The largest absolute Gasteiger partial charge is 0.322 e. The molecule has 2 aromatic heterocycles. The summed E-state index contributed by atoms with van der Waals surface area (Å²) in [5.74, 6) is 0.860. The Morgan fingerprint density at radius 2 is 1.74 bits per heavy atom. The van der Waals surface area contributed by atoms with Crippen molar-refractivity contribution in [2.45, 2.75) is 77.3 Å². The van der Waals surface area contributed by atoms with Crippen molar-refractivity contribution in [3.05, 3.63) is 51.1 Å². The summed E-state index contributed by atoms with van der Waals surface area (Å²) in [6.45, 7) is 6.26. The minimum atomic E-state index is -0.137. The second kappa shape index (κ2) is 8.54. The van der Waals surface area contributed by atoms with E-state index in [1.807, 2.05) is 4.68 Å². The molecule has 1 atom stereocenters. The van der Waals surface area contributed by atoms with Crippen LogP contribution in [0.2, 0.25) is 0 Å². The first-order chi connectivity index (χ1) is 15.1. The molecular weight excluding hydrogens is 388 g/mol. The second-order valence-electron chi connectivity index (χ2n) is 9.47. The normalized spacial score (nSPS) is 19.7. The van der Waals surface area contributed by atoms with Crippen LogP contribution in [0, 0.1) is 13.8 Å². The van der Waals surface area contributed by atoms with Crippen molar-refractivity contribution in [1.82, 2.24) is 25.2 Å². The molecule has 7 heteroatoms. The van der Waals surface area contributed by atoms with Crippen molar-refractivity contribution >= 4 is 10.9 Å². The minimum absolute atomic E-state index is 0.0103. The lowest BCUT2D eigenvalue weighted by Gasteiger charge is -2.27. The lowest BCUT2D eigenvalue weighted by atomic mass is 9.99. The zero-order chi connectivity index (χ0) is 21.4. The maximum Gasteiger partial charge on any atom is 0.258 e. The van der Waals surface area contributed by atoms with Crippen LogP contribution in [0.3, 0.4) is 0 Å². The van der Waals surface area contributed by atoms with Crippen molar-refractivity contribution in [3.8, 4) is 0 Å². The highest BCUT2D eigenvalue weighted by atomic mass is 16.1. The summed E-state index contributed by atoms with van der Waals surface area (Å²) in [6.07, 6.45) is 9.56. The number of nitrogens with one attached hydrogen (secondary N) is 2. The highest BCUT2D eigenvalue weighted by Crippen LogP contribution is 2.31. The predicted molar refractivity (Wildman–Crippen MR) is 120 cm³/mol. The second-order valence-corrected chi connectivity index (χ2v) is 9.47. The van der Waals surface area contributed by atoms with Crippen molar-refractivity contribution in [2.75, 3.05) is 13.1 Å². The van der Waals surface area contributed by atoms with Gasteiger partial charge >= 0.3 is 0 Å². The molecule has 0 radical (unpaired) electrons. The Hall–Kier alpha value is -2.54. The third-order valence-corrected chi connectivity index (χ3v) is 7.38. The van der Waals surface area contributed by atoms with Gasteiger partial charge in [0.1, 0.15) is 0 Å². The van der Waals surface area contributed by atoms with Crippen LogP contribution in [0.15, 0.2) is 23.0 Å². The topological polar surface area (TPSA) is 80.9 Å². The quantitative estimate of drug-likeness (QED) is 0.679. The van der Waals surface area contributed by atoms with Crippen LogP contribution < -0.4 is 10.5 Å². The number of tetrazole rings is 1. The SMILES string of the molecule is Cc1ccc(C)c2[nH]c(=O)c([C@@H](c3nnnn3C3CCCC3)[NH+]3CCCCCC3)cc12. The van der Waals surface area contributed by atoms with Gasteiger partial charge in [-0.15, -0.1) is 5.10 Å². The number of aryl methyl sites for hydroxylation is 2. The monoisotopic (exact) mass is 421 g/mol. The number of hydrogen-bond donors (Lipinski definition) is 2. The molecule has 164 valence electrons. The molecule has 1 saturated heterocycles. The zero-order valence-electron chi connectivity index (χ0n) is 18.7. The molecule has 3 heterocycles. The number of fused-ring (bicyclic) bond motifs is 1. The Balaban J connectivity index is 1.68. The van der Waals surface area contributed by atoms with Crippen LogP contribution in [0.25, 0.3) is 10.9 Å². The molecular formula is C24H33N6O+. The maximum absolute atomic E-state index is 13.4. The number of rotatable bonds is 4. The Morgan fingerprint density at radius 3 is 2.48 bits per heavy atom. The standard InChI is InChI=1S/C24H32N6O/c1-16-11-12-17(2)21-19(16)15-20(24(31)25-21)22(29-13-7-3-4-8-14-29)23-26-27-28-30(23)18-9-5-6-10-18/h11-12,15,18,22H,3-10,13-14H2,1-2H3,(H,25,31)/p+1/t22-/m0/s1. The molecule has 5 rings (SSSR count). The van der Waals surface area contributed by atoms with Crippen LogP contribution >= 0.6 is 0 Å². The first-order valence-electron chi connectivity index (χ1n) is 11.9. The molecule has 2 N–H and O–H groups in total. The molecule has 1 saturated carbocycles. The Kier molecular flexibility index (Phi) is 5.61. The number of likely N-dealkylation sites (tertiary alicyclic amines) is 1. The van der Waals surface area contributed by atoms with Gasteiger partial charge in [-0.2, -0.15) is 0 Å². The fourth-order valence-electron chi connectivity index (χ4n) is 5.62. The van der Waals surface area contributed by atoms with Crippen LogP contribution in [0.4, 0.5) is 0 Å². The van der Waals surface area contributed by atoms with Gasteiger partial charge in [0, 0.05) is 5.39 Å². The van der Waals surface area contributed by atoms with E-state index in [1.165, 1.54) is 49.0 Å². The van der Waals surface area contributed by atoms with E-state index < -0.39 is 0 Å². The van der Waals surface area contributed by atoms with E-state index in [4.69, 9.17) is 0 Å². The highest BCUT2D eigenvalue weighted by Gasteiger charge is 2.36. The lowest BCUT2D eigenvalue weighted by molar-refractivity contribution is -0.925. The van der Waals surface area contributed by atoms with Gasteiger partial charge in [-0.1, -0.05) is 25.0 Å². The van der Waals surface area contributed by atoms with Crippen LogP contribution in [-0.2, 0) is 0 Å². The number of aromatic nitrogens is 5. The summed E-state index contributed by atoms with van der Waals surface area (Å²) in [7, 11) is 0. The molecule has 0 amide bonds. The average Bonchev–Trinajstić information content (AvgIpc) is 3.39. The number of H-pyrrole nitrogens is 1. The fraction of sp³-hybridized carbons (Fsp3) is 0.583. The van der Waals surface area contributed by atoms with E-state index in [-0.39, 0.29) is 11.6 Å². The summed E-state index contributed by atoms with van der Waals surface area (Å²) in [5, 5.41) is 14.2. The smallest absolute Gasteiger partial charge is 0.258 e. The van der Waals surface area contributed by atoms with Gasteiger partial charge in [-0.05, 0) is 80.0 Å². The van der Waals surface area contributed by atoms with Gasteiger partial charge in [-0.3, -0.25) is 4.79 Å². The first-order valence-corrected chi connectivity index (χ1v) is 11.9. The van der Waals surface area contributed by atoms with Gasteiger partial charge in [0.15, 0.2) is 6.04 Å². The van der Waals surface area contributed by atoms with E-state index in [2.05, 4.69) is 52.6 Å². The van der Waals surface area contributed by atoms with Crippen molar-refractivity contribution < 1.29 is 4.90 Å². The van der Waals surface area contributed by atoms with Gasteiger partial charge in [0.2, 0.25) is 5.82 Å². The average molecular weight is 422 g/mol. The molecule has 3 aromatic rings. The van der Waals surface area contributed by atoms with Crippen molar-refractivity contribution in [3.63, 3.8) is 0 Å². The third kappa shape index (κ3) is 3.80. The summed E-state index contributed by atoms with van der Waals surface area (Å²) in [5.41, 5.74) is 4.00. The number of nitrogens with zero attached hydrogens (tertiary/aromatic N) is 4. The fourth-order valence-corrected chi connectivity index (χ4v) is 5.62. The minimum Gasteiger partial charge on any atom is -0.322 e. The first kappa shape index (κ1) is 20.4. The van der Waals surface area contributed by atoms with Crippen LogP contribution in [-0.4, -0.2) is 38.3 Å². The predicted octanol–water partition coefficient (Wildman–Crippen LogP) is 2.79. The van der Waals surface area contributed by atoms with Crippen LogP contribution in [0.1, 0.15) is 86.0 Å². The molecule has 31 heavy (non-hydrogen) atoms. The van der Waals surface area contributed by atoms with Gasteiger partial charge in [-0.25, -0.2) is 4.68 Å². The molecule has 1 aliphatic heterocycles. The molecule has 1 aromatic carbocycles. The molecule has 2 aliphatic rings. The maximum atomic E-state index is 13.4. The van der Waals surface area contributed by atoms with E-state index in [9.17, 15) is 4.79 Å². The van der Waals surface area contributed by atoms with E-state index in [0.717, 1.165) is 53.8 Å². The number of pyridine rings is 1.